The van der Waals surface area contributed by atoms with E-state index in [0.29, 0.717) is 0 Å². The lowest BCUT2D eigenvalue weighted by Gasteiger charge is -2.23. The minimum Gasteiger partial charge on any atom is -0.481 e. The molecule has 0 radical (unpaired) electrons. The first-order chi connectivity index (χ1) is 15.2. The van der Waals surface area contributed by atoms with Crippen molar-refractivity contribution in [1.29, 1.82) is 0 Å². The highest BCUT2D eigenvalue weighted by Crippen LogP contribution is 2.02. The summed E-state index contributed by atoms with van der Waals surface area (Å²) in [5.74, 6) is -1.90. The van der Waals surface area contributed by atoms with Gasteiger partial charge in [0.2, 0.25) is 0 Å². The largest absolute Gasteiger partial charge is 0.481 e. The molecule has 0 fully saturated rings. The number of aliphatic hydroxyl groups is 8. The Morgan fingerprint density at radius 3 is 1.09 bits per heavy atom. The Morgan fingerprint density at radius 2 is 0.909 bits per heavy atom. The zero-order valence-corrected chi connectivity index (χ0v) is 17.6. The zero-order valence-electron chi connectivity index (χ0n) is 17.6. The van der Waals surface area contributed by atoms with Crippen molar-refractivity contribution < 1.29 is 70.2 Å². The van der Waals surface area contributed by atoms with E-state index in [-0.39, 0.29) is 31.8 Å². The molecule has 16 heteroatoms. The summed E-state index contributed by atoms with van der Waals surface area (Å²) in [4.78, 5) is 39.6. The van der Waals surface area contributed by atoms with Crippen LogP contribution in [0.25, 0.3) is 0 Å². The molecular formula is C17H34N2O14. The van der Waals surface area contributed by atoms with Gasteiger partial charge in [-0.15, -0.1) is 0 Å². The van der Waals surface area contributed by atoms with Crippen LogP contribution in [0.15, 0.2) is 0 Å². The number of carboxylic acids is 2. The number of aldehydes is 2. The molecule has 0 rings (SSSR count). The van der Waals surface area contributed by atoms with Gasteiger partial charge in [0, 0.05) is 12.8 Å². The quantitative estimate of drug-likeness (QED) is 0.101. The summed E-state index contributed by atoms with van der Waals surface area (Å²) in [5.41, 5.74) is 10.1. The molecule has 0 heterocycles. The molecule has 0 bridgehead atoms. The maximum absolute atomic E-state index is 10.0. The molecule has 0 aliphatic heterocycles. The summed E-state index contributed by atoms with van der Waals surface area (Å²) in [6.07, 6.45) is -8.77. The second-order valence-corrected chi connectivity index (χ2v) is 6.53. The Morgan fingerprint density at radius 1 is 0.636 bits per heavy atom. The van der Waals surface area contributed by atoms with E-state index >= 15 is 0 Å². The lowest BCUT2D eigenvalue weighted by molar-refractivity contribution is -0.138. The normalized spacial score (nSPS) is 17.8. The van der Waals surface area contributed by atoms with Crippen LogP contribution in [-0.4, -0.2) is 137 Å². The molecule has 16 nitrogen and oxygen atoms in total. The lowest BCUT2D eigenvalue weighted by Crippen LogP contribution is -2.49. The molecule has 0 saturated heterocycles. The first-order valence-corrected chi connectivity index (χ1v) is 9.37. The summed E-state index contributed by atoms with van der Waals surface area (Å²) in [6.45, 7) is -1.41. The van der Waals surface area contributed by atoms with Crippen LogP contribution in [0.2, 0.25) is 0 Å². The summed E-state index contributed by atoms with van der Waals surface area (Å²) >= 11 is 0. The summed E-state index contributed by atoms with van der Waals surface area (Å²) < 4.78 is 0. The number of carbonyl (C=O) groups is 4. The third-order valence-corrected chi connectivity index (χ3v) is 3.75. The Bertz CT molecular complexity index is 506. The van der Waals surface area contributed by atoms with Gasteiger partial charge in [0.15, 0.2) is 0 Å². The van der Waals surface area contributed by atoms with Crippen LogP contribution < -0.4 is 11.5 Å². The van der Waals surface area contributed by atoms with E-state index in [1.165, 1.54) is 0 Å². The Balaban J connectivity index is -0.000000414. The number of carboxylic acid groups (broad SMARTS) is 2. The Hall–Kier alpha value is -2.12. The fraction of sp³-hybridized carbons (Fsp3) is 0.765. The van der Waals surface area contributed by atoms with Crippen LogP contribution in [0.4, 0.5) is 0 Å². The van der Waals surface area contributed by atoms with Crippen LogP contribution in [0, 0.1) is 0 Å². The molecule has 0 spiro atoms. The van der Waals surface area contributed by atoms with Crippen molar-refractivity contribution in [3.8, 4) is 0 Å². The minimum atomic E-state index is -1.62. The van der Waals surface area contributed by atoms with Gasteiger partial charge in [-0.2, -0.15) is 0 Å². The molecule has 0 aromatic rings. The molecule has 0 aliphatic rings. The molecule has 0 amide bonds. The number of aliphatic carboxylic acids is 2. The first-order valence-electron chi connectivity index (χ1n) is 9.37. The highest BCUT2D eigenvalue weighted by molar-refractivity contribution is 5.69. The smallest absolute Gasteiger partial charge is 0.303 e. The van der Waals surface area contributed by atoms with Crippen LogP contribution in [0.5, 0.6) is 0 Å². The molecule has 0 aromatic heterocycles. The molecule has 0 aliphatic carbocycles. The molecule has 196 valence electrons. The molecule has 0 unspecified atom stereocenters. The van der Waals surface area contributed by atoms with E-state index < -0.39 is 73.9 Å². The number of rotatable bonds is 14. The number of nitrogens with two attached hydrogens (primary N) is 2. The summed E-state index contributed by atoms with van der Waals surface area (Å²) in [7, 11) is 0. The van der Waals surface area contributed by atoms with Crippen LogP contribution in [0.3, 0.4) is 0 Å². The Labute approximate surface area is 188 Å². The van der Waals surface area contributed by atoms with E-state index in [1.807, 2.05) is 0 Å². The van der Waals surface area contributed by atoms with Crippen molar-refractivity contribution in [3.63, 3.8) is 0 Å². The standard InChI is InChI=1S/2C6H13NO5.C5H8O4/c2*7-3(1-8)5(11)6(12)4(10)2-9;6-4(7)2-1-3-5(8)9/h2*1,3-6,9-12H,2,7H2;1-3H2,(H,6,7)(H,8,9)/t2*3-,4+,5+,6+;/m00./s1. The van der Waals surface area contributed by atoms with Crippen molar-refractivity contribution in [1.82, 2.24) is 0 Å². The van der Waals surface area contributed by atoms with E-state index in [2.05, 4.69) is 0 Å². The molecular weight excluding hydrogens is 456 g/mol. The first kappa shape index (κ1) is 35.5. The third kappa shape index (κ3) is 18.0. The van der Waals surface area contributed by atoms with Crippen molar-refractivity contribution in [3.05, 3.63) is 0 Å². The van der Waals surface area contributed by atoms with E-state index in [9.17, 15) is 19.2 Å². The van der Waals surface area contributed by atoms with Crippen molar-refractivity contribution in [2.24, 2.45) is 11.5 Å². The number of carbonyl (C=O) groups excluding carboxylic acids is 2. The van der Waals surface area contributed by atoms with Crippen molar-refractivity contribution >= 4 is 24.5 Å². The SMILES string of the molecule is N[C@@H](C=O)[C@@H](O)[C@H](O)[C@H](O)CO.N[C@@H](C=O)[C@@H](O)[C@H](O)[C@H](O)CO.O=C(O)CCCC(=O)O. The topological polar surface area (TPSA) is 323 Å². The monoisotopic (exact) mass is 490 g/mol. The second kappa shape index (κ2) is 20.5. The summed E-state index contributed by atoms with van der Waals surface area (Å²) in [5, 5.41) is 86.4. The van der Waals surface area contributed by atoms with Crippen molar-refractivity contribution in [2.75, 3.05) is 13.2 Å². The molecule has 0 saturated carbocycles. The van der Waals surface area contributed by atoms with Gasteiger partial charge in [-0.1, -0.05) is 0 Å². The highest BCUT2D eigenvalue weighted by atomic mass is 16.4. The molecule has 8 atom stereocenters. The predicted molar refractivity (Wildman–Crippen MR) is 107 cm³/mol. The highest BCUT2D eigenvalue weighted by Gasteiger charge is 2.29. The van der Waals surface area contributed by atoms with E-state index in [4.69, 9.17) is 62.5 Å². The lowest BCUT2D eigenvalue weighted by atomic mass is 10.0. The van der Waals surface area contributed by atoms with Gasteiger partial charge in [-0.25, -0.2) is 0 Å². The van der Waals surface area contributed by atoms with Gasteiger partial charge >= 0.3 is 11.9 Å². The van der Waals surface area contributed by atoms with E-state index in [1.54, 1.807) is 0 Å². The summed E-state index contributed by atoms with van der Waals surface area (Å²) in [6, 6.07) is -2.53. The van der Waals surface area contributed by atoms with Gasteiger partial charge in [0.05, 0.1) is 25.3 Å². The average molecular weight is 490 g/mol. The molecule has 14 N–H and O–H groups in total. The van der Waals surface area contributed by atoms with Gasteiger partial charge in [-0.3, -0.25) is 9.59 Å². The van der Waals surface area contributed by atoms with Gasteiger partial charge in [-0.05, 0) is 6.42 Å². The average Bonchev–Trinajstić information content (AvgIpc) is 2.80. The van der Waals surface area contributed by atoms with E-state index in [0.717, 1.165) is 0 Å². The molecule has 33 heavy (non-hydrogen) atoms. The predicted octanol–water partition coefficient (Wildman–Crippen LogP) is -6.50. The van der Waals surface area contributed by atoms with Crippen molar-refractivity contribution in [2.45, 2.75) is 68.0 Å². The van der Waals surface area contributed by atoms with Crippen LogP contribution in [-0.2, 0) is 19.2 Å². The zero-order chi connectivity index (χ0) is 26.7. The fourth-order valence-electron chi connectivity index (χ4n) is 1.68. The third-order valence-electron chi connectivity index (χ3n) is 3.75. The van der Waals surface area contributed by atoms with Gasteiger partial charge in [0.25, 0.3) is 0 Å². The maximum Gasteiger partial charge on any atom is 0.303 e. The van der Waals surface area contributed by atoms with Crippen LogP contribution >= 0.6 is 0 Å². The fourth-order valence-corrected chi connectivity index (χ4v) is 1.68. The number of aliphatic hydroxyl groups excluding tert-OH is 8. The van der Waals surface area contributed by atoms with Gasteiger partial charge < -0.3 is 72.1 Å². The second-order valence-electron chi connectivity index (χ2n) is 6.53. The van der Waals surface area contributed by atoms with Crippen LogP contribution in [0.1, 0.15) is 19.3 Å². The van der Waals surface area contributed by atoms with Gasteiger partial charge in [0.1, 0.15) is 49.2 Å². The maximum atomic E-state index is 10.0. The molecule has 0 aromatic carbocycles. The number of hydrogen-bond acceptors (Lipinski definition) is 14. The minimum absolute atomic E-state index is 0.0632. The number of hydrogen-bond donors (Lipinski definition) is 12. The Kier molecular flexibility index (Phi) is 22.0.